The number of benzene rings is 2. The first-order valence-corrected chi connectivity index (χ1v) is 10.7. The molecule has 0 bridgehead atoms. The van der Waals surface area contributed by atoms with Gasteiger partial charge in [0.25, 0.3) is 5.69 Å². The highest BCUT2D eigenvalue weighted by molar-refractivity contribution is 6.33. The third kappa shape index (κ3) is 2.14. The van der Waals surface area contributed by atoms with E-state index in [-0.39, 0.29) is 28.3 Å². The number of carbonyl (C=O) groups is 3. The SMILES string of the molecule is O=C1C2C3CCCN3C3(C(=O)Nc4ccccc43)C2C(=O)N1c1ccc(Cl)c([N+](=O)[O-])c1. The van der Waals surface area contributed by atoms with Crippen LogP contribution in [-0.4, -0.2) is 40.1 Å². The molecule has 0 saturated carbocycles. The number of para-hydroxylation sites is 1. The lowest BCUT2D eigenvalue weighted by Crippen LogP contribution is -2.54. The van der Waals surface area contributed by atoms with Gasteiger partial charge in [-0.2, -0.15) is 0 Å². The van der Waals surface area contributed by atoms with Gasteiger partial charge in [0.1, 0.15) is 10.6 Å². The number of nitrogens with one attached hydrogen (secondary N) is 1. The average molecular weight is 453 g/mol. The Morgan fingerprint density at radius 2 is 1.91 bits per heavy atom. The van der Waals surface area contributed by atoms with Gasteiger partial charge in [0.15, 0.2) is 0 Å². The van der Waals surface area contributed by atoms with Crippen LogP contribution in [0.5, 0.6) is 0 Å². The van der Waals surface area contributed by atoms with Crippen molar-refractivity contribution in [2.75, 3.05) is 16.8 Å². The zero-order chi connectivity index (χ0) is 22.4. The fourth-order valence-corrected chi connectivity index (χ4v) is 6.38. The Morgan fingerprint density at radius 3 is 2.69 bits per heavy atom. The second-order valence-electron chi connectivity index (χ2n) is 8.58. The van der Waals surface area contributed by atoms with Crippen molar-refractivity contribution in [1.82, 2.24) is 4.90 Å². The normalized spacial score (nSPS) is 30.6. The molecular weight excluding hydrogens is 436 g/mol. The number of anilines is 2. The summed E-state index contributed by atoms with van der Waals surface area (Å²) >= 11 is 5.92. The highest BCUT2D eigenvalue weighted by Gasteiger charge is 2.74. The summed E-state index contributed by atoms with van der Waals surface area (Å²) in [5, 5.41) is 14.2. The van der Waals surface area contributed by atoms with Crippen LogP contribution in [0, 0.1) is 22.0 Å². The number of amides is 3. The van der Waals surface area contributed by atoms with Gasteiger partial charge in [-0.3, -0.25) is 29.4 Å². The molecule has 1 spiro atoms. The number of hydrogen-bond donors (Lipinski definition) is 1. The summed E-state index contributed by atoms with van der Waals surface area (Å²) in [6.45, 7) is 0.617. The van der Waals surface area contributed by atoms with Crippen LogP contribution in [0.3, 0.4) is 0 Å². The number of imide groups is 1. The van der Waals surface area contributed by atoms with Crippen molar-refractivity contribution in [1.29, 1.82) is 0 Å². The maximum Gasteiger partial charge on any atom is 0.289 e. The number of halogens is 1. The molecule has 4 atom stereocenters. The Hall–Kier alpha value is -3.30. The van der Waals surface area contributed by atoms with Crippen molar-refractivity contribution in [2.24, 2.45) is 11.8 Å². The molecule has 32 heavy (non-hydrogen) atoms. The molecule has 2 aromatic carbocycles. The highest BCUT2D eigenvalue weighted by Crippen LogP contribution is 2.60. The van der Waals surface area contributed by atoms with Crippen molar-refractivity contribution in [3.8, 4) is 0 Å². The van der Waals surface area contributed by atoms with Gasteiger partial charge < -0.3 is 5.32 Å². The first-order valence-electron chi connectivity index (χ1n) is 10.4. The van der Waals surface area contributed by atoms with E-state index in [0.717, 1.165) is 17.4 Å². The van der Waals surface area contributed by atoms with Crippen molar-refractivity contribution in [3.63, 3.8) is 0 Å². The van der Waals surface area contributed by atoms with Crippen LogP contribution in [0.15, 0.2) is 42.5 Å². The van der Waals surface area contributed by atoms with Gasteiger partial charge in [-0.15, -0.1) is 0 Å². The largest absolute Gasteiger partial charge is 0.324 e. The van der Waals surface area contributed by atoms with E-state index in [1.807, 2.05) is 23.1 Å². The van der Waals surface area contributed by atoms with Crippen LogP contribution < -0.4 is 10.2 Å². The number of nitro groups is 1. The number of nitro benzene ring substituents is 1. The summed E-state index contributed by atoms with van der Waals surface area (Å²) in [7, 11) is 0. The molecule has 2 aromatic rings. The van der Waals surface area contributed by atoms with Gasteiger partial charge in [-0.05, 0) is 37.6 Å². The van der Waals surface area contributed by atoms with E-state index in [1.165, 1.54) is 12.1 Å². The van der Waals surface area contributed by atoms with E-state index in [4.69, 9.17) is 11.6 Å². The molecule has 4 unspecified atom stereocenters. The number of carbonyl (C=O) groups excluding carboxylic acids is 3. The lowest BCUT2D eigenvalue weighted by molar-refractivity contribution is -0.384. The predicted octanol–water partition coefficient (Wildman–Crippen LogP) is 2.68. The van der Waals surface area contributed by atoms with Crippen molar-refractivity contribution < 1.29 is 19.3 Å². The summed E-state index contributed by atoms with van der Waals surface area (Å²) in [5.74, 6) is -2.85. The molecule has 0 aliphatic carbocycles. The number of hydrogen-bond acceptors (Lipinski definition) is 6. The first-order chi connectivity index (χ1) is 15.4. The lowest BCUT2D eigenvalue weighted by Gasteiger charge is -2.36. The Morgan fingerprint density at radius 1 is 1.12 bits per heavy atom. The summed E-state index contributed by atoms with van der Waals surface area (Å²) in [6.07, 6.45) is 1.52. The Bertz CT molecular complexity index is 1250. The summed E-state index contributed by atoms with van der Waals surface area (Å²) in [4.78, 5) is 54.6. The summed E-state index contributed by atoms with van der Waals surface area (Å²) < 4.78 is 0. The molecule has 0 radical (unpaired) electrons. The average Bonchev–Trinajstić information content (AvgIpc) is 3.47. The van der Waals surface area contributed by atoms with Gasteiger partial charge in [-0.1, -0.05) is 29.8 Å². The third-order valence-electron chi connectivity index (χ3n) is 7.28. The molecule has 162 valence electrons. The van der Waals surface area contributed by atoms with Gasteiger partial charge in [0.2, 0.25) is 17.7 Å². The number of fused-ring (bicyclic) bond motifs is 7. The molecule has 9 nitrogen and oxygen atoms in total. The van der Waals surface area contributed by atoms with E-state index < -0.39 is 34.1 Å². The minimum absolute atomic E-state index is 0.0828. The molecule has 3 amide bonds. The zero-order valence-electron chi connectivity index (χ0n) is 16.7. The molecule has 4 aliphatic rings. The maximum atomic E-state index is 13.8. The predicted molar refractivity (Wildman–Crippen MR) is 114 cm³/mol. The fraction of sp³-hybridized carbons (Fsp3) is 0.318. The highest BCUT2D eigenvalue weighted by atomic mass is 35.5. The molecule has 3 saturated heterocycles. The van der Waals surface area contributed by atoms with E-state index in [1.54, 1.807) is 6.07 Å². The topological polar surface area (TPSA) is 113 Å². The lowest BCUT2D eigenvalue weighted by atomic mass is 9.75. The van der Waals surface area contributed by atoms with E-state index >= 15 is 0 Å². The molecule has 4 heterocycles. The van der Waals surface area contributed by atoms with Crippen LogP contribution >= 0.6 is 11.6 Å². The number of rotatable bonds is 2. The van der Waals surface area contributed by atoms with Crippen LogP contribution in [0.4, 0.5) is 17.1 Å². The molecule has 0 aromatic heterocycles. The molecule has 3 fully saturated rings. The van der Waals surface area contributed by atoms with Crippen LogP contribution in [0.25, 0.3) is 0 Å². The van der Waals surface area contributed by atoms with Crippen molar-refractivity contribution >= 4 is 46.4 Å². The zero-order valence-corrected chi connectivity index (χ0v) is 17.4. The summed E-state index contributed by atoms with van der Waals surface area (Å²) in [5.41, 5.74) is -0.207. The van der Waals surface area contributed by atoms with Gasteiger partial charge in [0, 0.05) is 23.4 Å². The monoisotopic (exact) mass is 452 g/mol. The van der Waals surface area contributed by atoms with E-state index in [0.29, 0.717) is 24.2 Å². The second-order valence-corrected chi connectivity index (χ2v) is 8.98. The smallest absolute Gasteiger partial charge is 0.289 e. The van der Waals surface area contributed by atoms with Crippen LogP contribution in [-0.2, 0) is 19.9 Å². The van der Waals surface area contributed by atoms with E-state index in [9.17, 15) is 24.5 Å². The first kappa shape index (κ1) is 19.4. The third-order valence-corrected chi connectivity index (χ3v) is 7.60. The van der Waals surface area contributed by atoms with Crippen LogP contribution in [0.1, 0.15) is 18.4 Å². The molecule has 1 N–H and O–H groups in total. The summed E-state index contributed by atoms with van der Waals surface area (Å²) in [6, 6.07) is 10.9. The second kappa shape index (κ2) is 6.36. The Balaban J connectivity index is 1.53. The van der Waals surface area contributed by atoms with Crippen molar-refractivity contribution in [2.45, 2.75) is 24.4 Å². The fourth-order valence-electron chi connectivity index (χ4n) is 6.19. The maximum absolute atomic E-state index is 13.8. The van der Waals surface area contributed by atoms with Crippen molar-refractivity contribution in [3.05, 3.63) is 63.2 Å². The minimum atomic E-state index is -1.26. The molecule has 10 heteroatoms. The Labute approximate surface area is 187 Å². The molecule has 4 aliphatic heterocycles. The van der Waals surface area contributed by atoms with Gasteiger partial charge >= 0.3 is 0 Å². The van der Waals surface area contributed by atoms with Gasteiger partial charge in [0.05, 0.1) is 22.4 Å². The van der Waals surface area contributed by atoms with Gasteiger partial charge in [-0.25, -0.2) is 4.90 Å². The number of nitrogens with zero attached hydrogens (tertiary/aromatic N) is 3. The standard InChI is InChI=1S/C22H17ClN4O5/c23-13-8-7-11(10-16(13)27(31)32)26-19(28)17-15-6-3-9-25(15)22(18(17)20(26)29)12-4-1-2-5-14(12)24-21(22)30/h1-2,4-5,7-8,10,15,17-18H,3,6,9H2,(H,24,30). The minimum Gasteiger partial charge on any atom is -0.324 e. The van der Waals surface area contributed by atoms with E-state index in [2.05, 4.69) is 5.32 Å². The Kier molecular flexibility index (Phi) is 3.86. The molecular formula is C22H17ClN4O5. The molecule has 6 rings (SSSR count). The van der Waals surface area contributed by atoms with Crippen LogP contribution in [0.2, 0.25) is 5.02 Å². The quantitative estimate of drug-likeness (QED) is 0.426.